The molecule has 56 heavy (non-hydrogen) atoms. The number of hydrogen-bond donors (Lipinski definition) is 3. The van der Waals surface area contributed by atoms with Gasteiger partial charge in [-0.15, -0.1) is 0 Å². The molecule has 15 heteroatoms. The fourth-order valence-electron chi connectivity index (χ4n) is 6.25. The fourth-order valence-corrected chi connectivity index (χ4v) is 6.25. The van der Waals surface area contributed by atoms with Crippen molar-refractivity contribution < 1.29 is 67.1 Å². The number of benzene rings is 2. The molecule has 2 aromatic carbocycles. The van der Waals surface area contributed by atoms with Crippen molar-refractivity contribution in [3.63, 3.8) is 0 Å². The lowest BCUT2D eigenvalue weighted by molar-refractivity contribution is -0.153. The highest BCUT2D eigenvalue weighted by Gasteiger charge is 2.52. The van der Waals surface area contributed by atoms with Crippen LogP contribution in [0.1, 0.15) is 108 Å². The molecule has 0 saturated carbocycles. The molecule has 0 unspecified atom stereocenters. The number of carbonyl (C=O) groups is 6. The summed E-state index contributed by atoms with van der Waals surface area (Å²) in [6, 6.07) is 4.37. The van der Waals surface area contributed by atoms with E-state index in [9.17, 15) is 43.4 Å². The molecule has 3 N–H and O–H groups in total. The zero-order valence-corrected chi connectivity index (χ0v) is 32.4. The predicted octanol–water partition coefficient (Wildman–Crippen LogP) is 5.02. The number of amides is 1. The van der Waals surface area contributed by atoms with Crippen molar-refractivity contribution in [1.29, 1.82) is 0 Å². The quantitative estimate of drug-likeness (QED) is 0.0889. The molecule has 300 valence electrons. The Bertz CT molecular complexity index is 2000. The molecule has 4 rings (SSSR count). The number of methoxy groups -OCH3 is 1. The minimum atomic E-state index is -2.13. The van der Waals surface area contributed by atoms with E-state index >= 15 is 0 Å². The number of halogens is 1. The summed E-state index contributed by atoms with van der Waals surface area (Å²) in [7, 11) is 1.39. The van der Waals surface area contributed by atoms with Gasteiger partial charge in [0.2, 0.25) is 5.78 Å². The number of hydrogen-bond acceptors (Lipinski definition) is 13. The van der Waals surface area contributed by atoms with Gasteiger partial charge in [0.15, 0.2) is 5.78 Å². The lowest BCUT2D eigenvalue weighted by atomic mass is 9.84. The Morgan fingerprint density at radius 2 is 1.68 bits per heavy atom. The monoisotopic (exact) mass is 779 g/mol. The first-order valence-electron chi connectivity index (χ1n) is 17.9. The Morgan fingerprint density at radius 3 is 2.27 bits per heavy atom. The van der Waals surface area contributed by atoms with Crippen LogP contribution in [0.25, 0.3) is 0 Å². The van der Waals surface area contributed by atoms with E-state index in [-0.39, 0.29) is 40.9 Å². The molecule has 0 aromatic heterocycles. The van der Waals surface area contributed by atoms with Gasteiger partial charge in [0, 0.05) is 50.5 Å². The second-order valence-electron chi connectivity index (χ2n) is 13.7. The molecule has 1 heterocycles. The lowest BCUT2D eigenvalue weighted by Crippen LogP contribution is -2.39. The number of Topliss-reactive ketones (excluding diaryl/α,β-unsaturated/α-hetero) is 2. The summed E-state index contributed by atoms with van der Waals surface area (Å²) in [5.41, 5.74) is -1.56. The number of nitrogens with one attached hydrogen (secondary N) is 1. The number of rotatable bonds is 16. The maximum Gasteiger partial charge on any atom is 0.343 e. The van der Waals surface area contributed by atoms with Crippen molar-refractivity contribution in [2.75, 3.05) is 7.11 Å². The zero-order valence-electron chi connectivity index (χ0n) is 32.4. The number of aliphatic hydroxyl groups is 2. The van der Waals surface area contributed by atoms with E-state index in [1.807, 2.05) is 0 Å². The van der Waals surface area contributed by atoms with Crippen LogP contribution in [0.5, 0.6) is 11.5 Å². The predicted molar refractivity (Wildman–Crippen MR) is 197 cm³/mol. The third-order valence-electron chi connectivity index (χ3n) is 9.65. The van der Waals surface area contributed by atoms with Crippen molar-refractivity contribution in [2.45, 2.75) is 97.9 Å². The molecule has 6 atom stereocenters. The van der Waals surface area contributed by atoms with Crippen molar-refractivity contribution in [2.24, 2.45) is 5.92 Å². The first kappa shape index (κ1) is 43.2. The molecule has 2 aromatic rings. The second-order valence-corrected chi connectivity index (χ2v) is 13.7. The van der Waals surface area contributed by atoms with Gasteiger partial charge in [0.25, 0.3) is 11.7 Å². The molecule has 0 fully saturated rings. The highest BCUT2D eigenvalue weighted by Crippen LogP contribution is 2.48. The first-order valence-corrected chi connectivity index (χ1v) is 17.9. The van der Waals surface area contributed by atoms with Crippen molar-refractivity contribution in [1.82, 2.24) is 5.32 Å². The average molecular weight is 780 g/mol. The molecule has 1 amide bonds. The summed E-state index contributed by atoms with van der Waals surface area (Å²) in [5, 5.41) is 23.0. The van der Waals surface area contributed by atoms with Crippen molar-refractivity contribution in [3.8, 4) is 11.5 Å². The summed E-state index contributed by atoms with van der Waals surface area (Å²) in [6.07, 6.45) is 2.03. The van der Waals surface area contributed by atoms with Crippen LogP contribution >= 0.6 is 0 Å². The molecule has 14 nitrogen and oxygen atoms in total. The lowest BCUT2D eigenvalue weighted by Gasteiger charge is -2.30. The van der Waals surface area contributed by atoms with Gasteiger partial charge in [-0.3, -0.25) is 24.0 Å². The third-order valence-corrected chi connectivity index (χ3v) is 9.65. The number of carbonyl (C=O) groups excluding carboxylic acids is 6. The van der Waals surface area contributed by atoms with Crippen LogP contribution in [0.2, 0.25) is 0 Å². The summed E-state index contributed by atoms with van der Waals surface area (Å²) in [5.74, 6) is -8.93. The minimum absolute atomic E-state index is 0.000933. The zero-order chi connectivity index (χ0) is 41.6. The molecular formula is C41H46FNO13. The van der Waals surface area contributed by atoms with E-state index in [1.54, 1.807) is 20.8 Å². The molecule has 0 spiro atoms. The molecular weight excluding hydrogens is 733 g/mol. The fraction of sp³-hybridized carbons (Fsp3) is 0.415. The topological polar surface area (TPSA) is 201 Å². The summed E-state index contributed by atoms with van der Waals surface area (Å²) < 4.78 is 42.3. The van der Waals surface area contributed by atoms with E-state index < -0.39 is 99.7 Å². The van der Waals surface area contributed by atoms with Crippen LogP contribution in [0.3, 0.4) is 0 Å². The van der Waals surface area contributed by atoms with Crippen molar-refractivity contribution in [3.05, 3.63) is 93.7 Å². The number of ether oxygens (including phenoxy) is 5. The first-order chi connectivity index (χ1) is 26.4. The largest absolute Gasteiger partial charge is 0.462 e. The van der Waals surface area contributed by atoms with Crippen LogP contribution in [0.15, 0.2) is 60.0 Å². The number of aliphatic hydroxyl groups excluding tert-OH is 2. The Morgan fingerprint density at radius 1 is 1.02 bits per heavy atom. The second kappa shape index (κ2) is 18.0. The molecule has 1 aliphatic heterocycles. The van der Waals surface area contributed by atoms with Crippen molar-refractivity contribution >= 4 is 35.2 Å². The van der Waals surface area contributed by atoms with E-state index in [1.165, 1.54) is 47.0 Å². The van der Waals surface area contributed by atoms with E-state index in [2.05, 4.69) is 5.32 Å². The SMILES string of the molecule is C/C=C(\C)C(=O)NC1=CC(=O)c2c(c(OC(=O)c3ccc(F)cc3)c(C)c3c2C(=O)[C@@](C)(O/C=C/[C@H](OC)[C@@H](C)[C@H](C[C@H](O)C[C@@H](O)CC)OC(C)=O)O3)C1=O. The average Bonchev–Trinajstić information content (AvgIpc) is 3.41. The van der Waals surface area contributed by atoms with Crippen LogP contribution in [0, 0.1) is 18.7 Å². The van der Waals surface area contributed by atoms with Gasteiger partial charge in [-0.05, 0) is 64.0 Å². The normalized spacial score (nSPS) is 19.2. The Balaban J connectivity index is 1.71. The summed E-state index contributed by atoms with van der Waals surface area (Å²) >= 11 is 0. The maximum atomic E-state index is 14.2. The van der Waals surface area contributed by atoms with Gasteiger partial charge in [0.05, 0.1) is 52.5 Å². The maximum absolute atomic E-state index is 14.2. The van der Waals surface area contributed by atoms with Gasteiger partial charge in [-0.1, -0.05) is 19.9 Å². The number of fused-ring (bicyclic) bond motifs is 3. The third kappa shape index (κ3) is 9.29. The van der Waals surface area contributed by atoms with Gasteiger partial charge in [0.1, 0.15) is 23.4 Å². The summed E-state index contributed by atoms with van der Waals surface area (Å²) in [4.78, 5) is 80.0. The van der Waals surface area contributed by atoms with Gasteiger partial charge in [-0.2, -0.15) is 0 Å². The van der Waals surface area contributed by atoms with Crippen LogP contribution in [0.4, 0.5) is 4.39 Å². The number of esters is 2. The van der Waals surface area contributed by atoms with E-state index in [0.717, 1.165) is 36.6 Å². The number of allylic oxidation sites excluding steroid dienone is 3. The molecule has 0 radical (unpaired) electrons. The molecule has 0 saturated heterocycles. The standard InChI is InChI=1S/C41H46FNO13/c1-9-20(3)39(50)43-28-19-29(47)32-33(35(28)48)36(55-40(51)24-11-13-25(42)14-12-24)22(5)37-34(32)38(49)41(7,56-37)53-16-15-30(52-8)21(4)31(54-23(6)44)18-27(46)17-26(45)10-2/h9,11-16,19,21,26-27,30-31,45-46H,10,17-18H2,1-8H3,(H,43,50)/b16-15+,20-9+/t21-,26+,27-,30+,31+,41+/m1/s1. The van der Waals surface area contributed by atoms with Crippen LogP contribution in [-0.4, -0.2) is 82.7 Å². The summed E-state index contributed by atoms with van der Waals surface area (Å²) in [6.45, 7) is 10.5. The van der Waals surface area contributed by atoms with Gasteiger partial charge in [-0.25, -0.2) is 9.18 Å². The molecule has 2 aliphatic rings. The highest BCUT2D eigenvalue weighted by atomic mass is 19.1. The Kier molecular flexibility index (Phi) is 13.9. The van der Waals surface area contributed by atoms with E-state index in [4.69, 9.17) is 23.7 Å². The number of ketones is 3. The van der Waals surface area contributed by atoms with Gasteiger partial charge >= 0.3 is 17.7 Å². The van der Waals surface area contributed by atoms with E-state index in [0.29, 0.717) is 6.42 Å². The Labute approximate surface area is 323 Å². The van der Waals surface area contributed by atoms with Gasteiger partial charge < -0.3 is 39.2 Å². The Hall–Kier alpha value is -5.51. The molecule has 1 aliphatic carbocycles. The van der Waals surface area contributed by atoms with Crippen LogP contribution < -0.4 is 14.8 Å². The van der Waals surface area contributed by atoms with Crippen LogP contribution in [-0.2, 0) is 23.8 Å². The molecule has 0 bridgehead atoms. The minimum Gasteiger partial charge on any atom is -0.462 e. The highest BCUT2D eigenvalue weighted by molar-refractivity contribution is 6.31. The smallest absolute Gasteiger partial charge is 0.343 e.